The largest absolute Gasteiger partial charge is 0.310 e. The zero-order valence-corrected chi connectivity index (χ0v) is 10.9. The smallest absolute Gasteiger partial charge is 0.130 e. The molecular formula is C15H21F2N. The van der Waals surface area contributed by atoms with E-state index in [2.05, 4.69) is 5.32 Å². The topological polar surface area (TPSA) is 12.0 Å². The zero-order valence-electron chi connectivity index (χ0n) is 10.9. The minimum atomic E-state index is -0.519. The van der Waals surface area contributed by atoms with E-state index in [4.69, 9.17) is 0 Å². The Balaban J connectivity index is 1.81. The summed E-state index contributed by atoms with van der Waals surface area (Å²) in [5.74, 6) is -0.145. The molecule has 18 heavy (non-hydrogen) atoms. The van der Waals surface area contributed by atoms with Crippen molar-refractivity contribution >= 4 is 0 Å². The maximum Gasteiger partial charge on any atom is 0.130 e. The van der Waals surface area contributed by atoms with Gasteiger partial charge in [0.05, 0.1) is 0 Å². The van der Waals surface area contributed by atoms with E-state index in [9.17, 15) is 8.78 Å². The molecule has 100 valence electrons. The highest BCUT2D eigenvalue weighted by atomic mass is 19.1. The SMILES string of the molecule is CC(NCCC1CCCC1)c1ccc(F)cc1F. The van der Waals surface area contributed by atoms with E-state index in [0.29, 0.717) is 5.56 Å². The molecule has 1 atom stereocenters. The number of hydrogen-bond donors (Lipinski definition) is 1. The highest BCUT2D eigenvalue weighted by molar-refractivity contribution is 5.21. The van der Waals surface area contributed by atoms with Crippen LogP contribution in [0.15, 0.2) is 18.2 Å². The molecule has 0 radical (unpaired) electrons. The predicted molar refractivity (Wildman–Crippen MR) is 69.4 cm³/mol. The third-order valence-electron chi connectivity index (χ3n) is 3.91. The first-order chi connectivity index (χ1) is 8.66. The maximum absolute atomic E-state index is 13.5. The van der Waals surface area contributed by atoms with Crippen LogP contribution in [0.2, 0.25) is 0 Å². The first-order valence-corrected chi connectivity index (χ1v) is 6.85. The van der Waals surface area contributed by atoms with Gasteiger partial charge in [-0.25, -0.2) is 8.78 Å². The van der Waals surface area contributed by atoms with Crippen LogP contribution in [0.4, 0.5) is 8.78 Å². The summed E-state index contributed by atoms with van der Waals surface area (Å²) < 4.78 is 26.4. The van der Waals surface area contributed by atoms with Crippen LogP contribution in [-0.4, -0.2) is 6.54 Å². The highest BCUT2D eigenvalue weighted by Crippen LogP contribution is 2.27. The third-order valence-corrected chi connectivity index (χ3v) is 3.91. The van der Waals surface area contributed by atoms with E-state index in [1.807, 2.05) is 6.92 Å². The summed E-state index contributed by atoms with van der Waals surface area (Å²) in [6.07, 6.45) is 6.54. The number of halogens is 2. The highest BCUT2D eigenvalue weighted by Gasteiger charge is 2.16. The Morgan fingerprint density at radius 3 is 2.67 bits per heavy atom. The lowest BCUT2D eigenvalue weighted by Crippen LogP contribution is -2.22. The molecule has 1 aliphatic carbocycles. The van der Waals surface area contributed by atoms with Crippen LogP contribution >= 0.6 is 0 Å². The average molecular weight is 253 g/mol. The molecule has 1 aromatic carbocycles. The lowest BCUT2D eigenvalue weighted by atomic mass is 10.0. The van der Waals surface area contributed by atoms with Gasteiger partial charge in [0.25, 0.3) is 0 Å². The van der Waals surface area contributed by atoms with Crippen molar-refractivity contribution in [3.05, 3.63) is 35.4 Å². The van der Waals surface area contributed by atoms with Crippen molar-refractivity contribution in [3.8, 4) is 0 Å². The number of hydrogen-bond acceptors (Lipinski definition) is 1. The van der Waals surface area contributed by atoms with Gasteiger partial charge in [-0.2, -0.15) is 0 Å². The molecule has 0 amide bonds. The van der Waals surface area contributed by atoms with Crippen LogP contribution in [0.5, 0.6) is 0 Å². The van der Waals surface area contributed by atoms with E-state index in [1.54, 1.807) is 0 Å². The van der Waals surface area contributed by atoms with E-state index in [1.165, 1.54) is 37.8 Å². The molecule has 1 saturated carbocycles. The Bertz CT molecular complexity index is 386. The molecule has 1 N–H and O–H groups in total. The minimum absolute atomic E-state index is 0.0630. The summed E-state index contributed by atoms with van der Waals surface area (Å²) >= 11 is 0. The minimum Gasteiger partial charge on any atom is -0.310 e. The molecule has 2 rings (SSSR count). The van der Waals surface area contributed by atoms with E-state index in [-0.39, 0.29) is 6.04 Å². The second-order valence-electron chi connectivity index (χ2n) is 5.28. The number of benzene rings is 1. The molecule has 1 aliphatic rings. The second-order valence-corrected chi connectivity index (χ2v) is 5.28. The molecule has 1 aromatic rings. The van der Waals surface area contributed by atoms with Gasteiger partial charge in [-0.05, 0) is 31.9 Å². The summed E-state index contributed by atoms with van der Waals surface area (Å²) in [5, 5.41) is 3.32. The second kappa shape index (κ2) is 6.28. The number of rotatable bonds is 5. The summed E-state index contributed by atoms with van der Waals surface area (Å²) in [5.41, 5.74) is 0.544. The van der Waals surface area contributed by atoms with Crippen molar-refractivity contribution in [1.29, 1.82) is 0 Å². The molecule has 3 heteroatoms. The molecule has 0 bridgehead atoms. The number of nitrogens with one attached hydrogen (secondary N) is 1. The predicted octanol–water partition coefficient (Wildman–Crippen LogP) is 4.20. The molecule has 0 aliphatic heterocycles. The first kappa shape index (κ1) is 13.5. The van der Waals surface area contributed by atoms with Gasteiger partial charge < -0.3 is 5.32 Å². The fourth-order valence-corrected chi connectivity index (χ4v) is 2.77. The Morgan fingerprint density at radius 1 is 1.28 bits per heavy atom. The summed E-state index contributed by atoms with van der Waals surface area (Å²) in [7, 11) is 0. The van der Waals surface area contributed by atoms with Gasteiger partial charge in [0.15, 0.2) is 0 Å². The average Bonchev–Trinajstić information content (AvgIpc) is 2.81. The van der Waals surface area contributed by atoms with Gasteiger partial charge in [-0.1, -0.05) is 31.7 Å². The Hall–Kier alpha value is -0.960. The molecule has 0 aromatic heterocycles. The fraction of sp³-hybridized carbons (Fsp3) is 0.600. The van der Waals surface area contributed by atoms with Gasteiger partial charge in [0.1, 0.15) is 11.6 Å². The first-order valence-electron chi connectivity index (χ1n) is 6.85. The Labute approximate surface area is 108 Å². The van der Waals surface area contributed by atoms with Gasteiger partial charge in [-0.15, -0.1) is 0 Å². The summed E-state index contributed by atoms with van der Waals surface area (Å²) in [6, 6.07) is 3.72. The van der Waals surface area contributed by atoms with Crippen molar-refractivity contribution in [3.63, 3.8) is 0 Å². The quantitative estimate of drug-likeness (QED) is 0.829. The van der Waals surface area contributed by atoms with Crippen LogP contribution in [0.3, 0.4) is 0 Å². The van der Waals surface area contributed by atoms with Crippen molar-refractivity contribution in [2.24, 2.45) is 5.92 Å². The van der Waals surface area contributed by atoms with Crippen molar-refractivity contribution in [2.75, 3.05) is 6.54 Å². The Morgan fingerprint density at radius 2 is 2.00 bits per heavy atom. The summed E-state index contributed by atoms with van der Waals surface area (Å²) in [6.45, 7) is 2.83. The van der Waals surface area contributed by atoms with Crippen molar-refractivity contribution in [1.82, 2.24) is 5.32 Å². The third kappa shape index (κ3) is 3.52. The normalized spacial score (nSPS) is 18.2. The standard InChI is InChI=1S/C15H21F2N/c1-11(14-7-6-13(16)10-15(14)17)18-9-8-12-4-2-3-5-12/h6-7,10-12,18H,2-5,8-9H2,1H3. The monoisotopic (exact) mass is 253 g/mol. The molecule has 1 nitrogen and oxygen atoms in total. The van der Waals surface area contributed by atoms with Gasteiger partial charge >= 0.3 is 0 Å². The van der Waals surface area contributed by atoms with E-state index in [0.717, 1.165) is 24.9 Å². The van der Waals surface area contributed by atoms with Crippen LogP contribution in [0.25, 0.3) is 0 Å². The van der Waals surface area contributed by atoms with Gasteiger partial charge in [0, 0.05) is 17.7 Å². The zero-order chi connectivity index (χ0) is 13.0. The molecule has 0 spiro atoms. The Kier molecular flexibility index (Phi) is 4.70. The van der Waals surface area contributed by atoms with Crippen LogP contribution in [0.1, 0.15) is 50.6 Å². The van der Waals surface area contributed by atoms with Crippen molar-refractivity contribution < 1.29 is 8.78 Å². The van der Waals surface area contributed by atoms with E-state index < -0.39 is 11.6 Å². The lowest BCUT2D eigenvalue weighted by Gasteiger charge is -2.16. The molecular weight excluding hydrogens is 232 g/mol. The fourth-order valence-electron chi connectivity index (χ4n) is 2.77. The summed E-state index contributed by atoms with van der Waals surface area (Å²) in [4.78, 5) is 0. The molecule has 0 saturated heterocycles. The molecule has 1 fully saturated rings. The molecule has 1 unspecified atom stereocenters. The van der Waals surface area contributed by atoms with Crippen molar-refractivity contribution in [2.45, 2.75) is 45.1 Å². The van der Waals surface area contributed by atoms with Gasteiger partial charge in [0.2, 0.25) is 0 Å². The lowest BCUT2D eigenvalue weighted by molar-refractivity contribution is 0.447. The van der Waals surface area contributed by atoms with Crippen LogP contribution < -0.4 is 5.32 Å². The van der Waals surface area contributed by atoms with E-state index >= 15 is 0 Å². The maximum atomic E-state index is 13.5. The van der Waals surface area contributed by atoms with Crippen LogP contribution in [0, 0.1) is 17.6 Å². The van der Waals surface area contributed by atoms with Gasteiger partial charge in [-0.3, -0.25) is 0 Å². The van der Waals surface area contributed by atoms with Crippen LogP contribution in [-0.2, 0) is 0 Å². The molecule has 0 heterocycles.